The third-order valence-electron chi connectivity index (χ3n) is 7.65. The normalized spacial score (nSPS) is 21.8. The summed E-state index contributed by atoms with van der Waals surface area (Å²) < 4.78 is 0. The Kier molecular flexibility index (Phi) is 8.37. The molecule has 2 heterocycles. The van der Waals surface area contributed by atoms with E-state index in [9.17, 15) is 9.59 Å². The highest BCUT2D eigenvalue weighted by molar-refractivity contribution is 5.84. The fourth-order valence-corrected chi connectivity index (χ4v) is 5.43. The summed E-state index contributed by atoms with van der Waals surface area (Å²) in [5.74, 6) is 0.381. The number of urea groups is 1. The number of carbonyl (C=O) groups is 2. The molecular weight excluding hydrogens is 462 g/mol. The summed E-state index contributed by atoms with van der Waals surface area (Å²) in [5, 5.41) is 6.77. The molecule has 37 heavy (non-hydrogen) atoms. The van der Waals surface area contributed by atoms with Crippen LogP contribution in [0.5, 0.6) is 0 Å². The van der Waals surface area contributed by atoms with Gasteiger partial charge in [0.2, 0.25) is 5.91 Å². The summed E-state index contributed by atoms with van der Waals surface area (Å²) in [4.78, 5) is 31.6. The van der Waals surface area contributed by atoms with Crippen molar-refractivity contribution < 1.29 is 9.59 Å². The van der Waals surface area contributed by atoms with Crippen molar-refractivity contribution in [1.82, 2.24) is 25.1 Å². The van der Waals surface area contributed by atoms with Gasteiger partial charge < -0.3 is 15.1 Å². The summed E-state index contributed by atoms with van der Waals surface area (Å²) in [6.07, 6.45) is 0.501. The summed E-state index contributed by atoms with van der Waals surface area (Å²) in [6.45, 7) is 12.2. The minimum atomic E-state index is -0.380. The number of hydrogen-bond acceptors (Lipinski definition) is 4. The number of carbonyl (C=O) groups excluding carboxylic acids is 2. The van der Waals surface area contributed by atoms with Crippen LogP contribution in [-0.2, 0) is 11.3 Å². The van der Waals surface area contributed by atoms with Gasteiger partial charge in [0.1, 0.15) is 12.2 Å². The van der Waals surface area contributed by atoms with Crippen molar-refractivity contribution in [2.75, 3.05) is 26.7 Å². The van der Waals surface area contributed by atoms with Crippen molar-refractivity contribution in [3.8, 4) is 0 Å². The molecule has 2 aliphatic rings. The molecule has 0 aromatic heterocycles. The monoisotopic (exact) mass is 501 g/mol. The molecule has 7 nitrogen and oxygen atoms in total. The smallest absolute Gasteiger partial charge is 0.334 e. The predicted octanol–water partition coefficient (Wildman–Crippen LogP) is 4.42. The summed E-state index contributed by atoms with van der Waals surface area (Å²) in [5.41, 5.74) is 6.17. The van der Waals surface area contributed by atoms with Gasteiger partial charge in [0.25, 0.3) is 0 Å². The van der Waals surface area contributed by atoms with Crippen LogP contribution in [-0.4, -0.2) is 70.6 Å². The molecule has 0 spiro atoms. The Bertz CT molecular complexity index is 1130. The van der Waals surface area contributed by atoms with Gasteiger partial charge >= 0.3 is 6.03 Å². The third-order valence-corrected chi connectivity index (χ3v) is 7.65. The van der Waals surface area contributed by atoms with E-state index in [4.69, 9.17) is 0 Å². The molecule has 2 aromatic rings. The van der Waals surface area contributed by atoms with Crippen LogP contribution in [0.1, 0.15) is 44.2 Å². The van der Waals surface area contributed by atoms with Gasteiger partial charge in [0, 0.05) is 20.1 Å². The number of fused-ring (bicyclic) bond motifs is 1. The lowest BCUT2D eigenvalue weighted by Gasteiger charge is -2.57. The van der Waals surface area contributed by atoms with Gasteiger partial charge in [-0.2, -0.15) is 0 Å². The zero-order valence-electron chi connectivity index (χ0n) is 22.4. The number of hydrogen-bond donors (Lipinski definition) is 1. The van der Waals surface area contributed by atoms with Gasteiger partial charge in [-0.25, -0.2) is 14.8 Å². The third kappa shape index (κ3) is 5.58. The number of nitrogens with one attached hydrogen (secondary N) is 1. The number of amides is 3. The summed E-state index contributed by atoms with van der Waals surface area (Å²) in [6, 6.07) is 19.6. The molecule has 0 bridgehead atoms. The first-order chi connectivity index (χ1) is 17.8. The lowest BCUT2D eigenvalue weighted by molar-refractivity contribution is -0.168. The van der Waals surface area contributed by atoms with E-state index in [0.29, 0.717) is 26.2 Å². The second kappa shape index (κ2) is 11.7. The lowest BCUT2D eigenvalue weighted by atomic mass is 9.91. The Labute approximate surface area is 221 Å². The molecule has 1 N–H and O–H groups in total. The molecule has 4 rings (SSSR count). The number of likely N-dealkylation sites (N-methyl/N-ethyl adjacent to an activating group) is 1. The first-order valence-corrected chi connectivity index (χ1v) is 13.2. The molecule has 2 fully saturated rings. The first-order valence-electron chi connectivity index (χ1n) is 13.2. The van der Waals surface area contributed by atoms with Crippen molar-refractivity contribution >= 4 is 11.9 Å². The quantitative estimate of drug-likeness (QED) is 0.571. The van der Waals surface area contributed by atoms with Crippen LogP contribution in [0.4, 0.5) is 4.79 Å². The van der Waals surface area contributed by atoms with Crippen molar-refractivity contribution in [3.05, 3.63) is 89.8 Å². The van der Waals surface area contributed by atoms with E-state index in [-0.39, 0.29) is 36.0 Å². The number of hydrazine groups is 1. The maximum absolute atomic E-state index is 14.0. The molecule has 4 atom stereocenters. The Morgan fingerprint density at radius 1 is 1.11 bits per heavy atom. The Hall–Kier alpha value is -3.54. The van der Waals surface area contributed by atoms with Crippen LogP contribution < -0.4 is 5.32 Å². The molecule has 0 saturated carbocycles. The van der Waals surface area contributed by atoms with E-state index in [2.05, 4.69) is 55.4 Å². The fraction of sp³-hybridized carbons (Fsp3) is 0.433. The maximum Gasteiger partial charge on any atom is 0.334 e. The average molecular weight is 502 g/mol. The Balaban J connectivity index is 1.64. The standard InChI is InChI=1S/C30H39N5O2/c1-6-22(3)28-29(36)33(19-23(4)25-16-12-9-13-17-25)21-27-34(28)26(7-2)20-32(5)35(27)30(37)31-18-24-14-10-8-11-15-24/h8-17,22-23,27-28H,2,6,18-21H2,1,3-5H3,(H,31,37)/t22?,23?,27-,28-/m0/s1. The van der Waals surface area contributed by atoms with E-state index < -0.39 is 0 Å². The van der Waals surface area contributed by atoms with Crippen molar-refractivity contribution in [1.29, 1.82) is 0 Å². The second-order valence-corrected chi connectivity index (χ2v) is 10.2. The minimum absolute atomic E-state index is 0.103. The van der Waals surface area contributed by atoms with Crippen LogP contribution in [0.2, 0.25) is 0 Å². The number of piperazine rings is 1. The predicted molar refractivity (Wildman–Crippen MR) is 146 cm³/mol. The van der Waals surface area contributed by atoms with Gasteiger partial charge in [0.05, 0.1) is 18.8 Å². The van der Waals surface area contributed by atoms with Crippen LogP contribution in [0.15, 0.2) is 78.7 Å². The van der Waals surface area contributed by atoms with Crippen molar-refractivity contribution in [2.24, 2.45) is 5.92 Å². The highest BCUT2D eigenvalue weighted by Gasteiger charge is 2.50. The van der Waals surface area contributed by atoms with Gasteiger partial charge in [-0.05, 0) is 23.0 Å². The molecule has 0 radical (unpaired) electrons. The van der Waals surface area contributed by atoms with Gasteiger partial charge in [-0.15, -0.1) is 5.73 Å². The fourth-order valence-electron chi connectivity index (χ4n) is 5.43. The van der Waals surface area contributed by atoms with Crippen LogP contribution in [0.3, 0.4) is 0 Å². The molecule has 3 amide bonds. The van der Waals surface area contributed by atoms with E-state index >= 15 is 0 Å². The maximum atomic E-state index is 14.0. The summed E-state index contributed by atoms with van der Waals surface area (Å²) >= 11 is 0. The highest BCUT2D eigenvalue weighted by atomic mass is 16.2. The number of nitrogens with zero attached hydrogens (tertiary/aromatic N) is 4. The van der Waals surface area contributed by atoms with E-state index in [1.807, 2.05) is 65.5 Å². The second-order valence-electron chi connectivity index (χ2n) is 10.2. The highest BCUT2D eigenvalue weighted by Crippen LogP contribution is 2.34. The van der Waals surface area contributed by atoms with Crippen LogP contribution >= 0.6 is 0 Å². The largest absolute Gasteiger partial charge is 0.336 e. The lowest BCUT2D eigenvalue weighted by Crippen LogP contribution is -2.74. The zero-order valence-corrected chi connectivity index (χ0v) is 22.4. The van der Waals surface area contributed by atoms with Crippen LogP contribution in [0, 0.1) is 5.92 Å². The molecule has 2 aliphatic heterocycles. The summed E-state index contributed by atoms with van der Waals surface area (Å²) in [7, 11) is 1.91. The Morgan fingerprint density at radius 2 is 1.76 bits per heavy atom. The van der Waals surface area contributed by atoms with Crippen LogP contribution in [0.25, 0.3) is 0 Å². The molecule has 2 saturated heterocycles. The first kappa shape index (κ1) is 26.5. The van der Waals surface area contributed by atoms with Crippen molar-refractivity contribution in [2.45, 2.75) is 51.9 Å². The molecular formula is C30H39N5O2. The number of benzene rings is 2. The van der Waals surface area contributed by atoms with Gasteiger partial charge in [-0.1, -0.05) is 94.4 Å². The van der Waals surface area contributed by atoms with E-state index in [1.54, 1.807) is 5.01 Å². The minimum Gasteiger partial charge on any atom is -0.336 e. The van der Waals surface area contributed by atoms with Crippen molar-refractivity contribution in [3.63, 3.8) is 0 Å². The SMILES string of the molecule is C=C=C1CN(C)N(C(=O)NCc2ccccc2)[C@H]2CN(CC(C)c3ccccc3)C(=O)[C@H](C(C)CC)N12. The van der Waals surface area contributed by atoms with E-state index in [0.717, 1.165) is 17.7 Å². The molecule has 7 heteroatoms. The average Bonchev–Trinajstić information content (AvgIpc) is 2.92. The molecule has 2 aromatic carbocycles. The molecule has 2 unspecified atom stereocenters. The topological polar surface area (TPSA) is 59.1 Å². The molecule has 196 valence electrons. The van der Waals surface area contributed by atoms with Gasteiger partial charge in [0.15, 0.2) is 0 Å². The van der Waals surface area contributed by atoms with E-state index in [1.165, 1.54) is 5.56 Å². The molecule has 0 aliphatic carbocycles. The number of rotatable bonds is 7. The zero-order chi connectivity index (χ0) is 26.5. The Morgan fingerprint density at radius 3 is 2.38 bits per heavy atom. The van der Waals surface area contributed by atoms with Gasteiger partial charge in [-0.3, -0.25) is 4.79 Å².